The molecule has 0 spiro atoms. The SMILES string of the molecule is CC1(C)c2ccccc2-c2ccc(C3(c4ccc(N(c5ccc(-c6ccccc6)cc5)c5ccc(-c6ccccc6)cc5)cc4)c4ccccc4-c4ccccc43)cc21.CC1(C)c2ccccc2-c2ccc(C3(c4ccc(N(c5ccccc5)c5ccc(-c6ccc7ccccc7c6)cc5)cc4)c4ccccc4-c4ccccc43)cc21. The summed E-state index contributed by atoms with van der Waals surface area (Å²) in [6.45, 7) is 9.53. The van der Waals surface area contributed by atoms with Crippen LogP contribution >= 0.6 is 0 Å². The second kappa shape index (κ2) is 27.9. The van der Waals surface area contributed by atoms with Gasteiger partial charge in [-0.15, -0.1) is 0 Å². The van der Waals surface area contributed by atoms with E-state index >= 15 is 0 Å². The van der Waals surface area contributed by atoms with Crippen LogP contribution in [0.15, 0.2) is 437 Å². The highest BCUT2D eigenvalue weighted by molar-refractivity contribution is 5.93. The van der Waals surface area contributed by atoms with E-state index in [1.54, 1.807) is 0 Å². The summed E-state index contributed by atoms with van der Waals surface area (Å²) in [4.78, 5) is 4.75. The predicted molar refractivity (Wildman–Crippen MR) is 486 cm³/mol. The molecule has 0 bridgehead atoms. The quantitative estimate of drug-likeness (QED) is 0.114. The van der Waals surface area contributed by atoms with Gasteiger partial charge in [0.1, 0.15) is 0 Å². The molecular formula is C114H84N2. The molecule has 18 aromatic carbocycles. The molecule has 0 saturated carbocycles. The minimum Gasteiger partial charge on any atom is -0.311 e. The van der Waals surface area contributed by atoms with Gasteiger partial charge in [-0.25, -0.2) is 0 Å². The maximum atomic E-state index is 2.52. The maximum absolute atomic E-state index is 2.52. The molecule has 0 atom stereocenters. The first-order valence-electron chi connectivity index (χ1n) is 40.7. The maximum Gasteiger partial charge on any atom is 0.0713 e. The van der Waals surface area contributed by atoms with E-state index in [4.69, 9.17) is 0 Å². The molecule has 2 nitrogen and oxygen atoms in total. The van der Waals surface area contributed by atoms with Crippen molar-refractivity contribution in [2.24, 2.45) is 0 Å². The molecule has 2 heteroatoms. The molecule has 116 heavy (non-hydrogen) atoms. The molecule has 0 amide bonds. The molecule has 4 aliphatic rings. The van der Waals surface area contributed by atoms with Gasteiger partial charge >= 0.3 is 0 Å². The molecule has 0 unspecified atom stereocenters. The van der Waals surface area contributed by atoms with E-state index < -0.39 is 10.8 Å². The molecule has 0 N–H and O–H groups in total. The Labute approximate surface area is 680 Å². The van der Waals surface area contributed by atoms with E-state index in [1.165, 1.54) is 155 Å². The average Bonchev–Trinajstić information content (AvgIpc) is 1.53. The van der Waals surface area contributed by atoms with Crippen molar-refractivity contribution in [3.8, 4) is 77.9 Å². The van der Waals surface area contributed by atoms with E-state index in [2.05, 4.69) is 474 Å². The van der Waals surface area contributed by atoms with Crippen molar-refractivity contribution in [3.63, 3.8) is 0 Å². The summed E-state index contributed by atoms with van der Waals surface area (Å²) < 4.78 is 0. The average molecular weight is 1480 g/mol. The number of benzene rings is 18. The fourth-order valence-electron chi connectivity index (χ4n) is 20.2. The first kappa shape index (κ1) is 69.7. The highest BCUT2D eigenvalue weighted by Gasteiger charge is 2.50. The van der Waals surface area contributed by atoms with Crippen molar-refractivity contribution in [2.45, 2.75) is 49.4 Å². The molecule has 0 aliphatic heterocycles. The van der Waals surface area contributed by atoms with Gasteiger partial charge in [-0.3, -0.25) is 0 Å². The summed E-state index contributed by atoms with van der Waals surface area (Å²) in [6, 6.07) is 162. The highest BCUT2D eigenvalue weighted by Crippen LogP contribution is 2.61. The minimum absolute atomic E-state index is 0.106. The molecule has 550 valence electrons. The van der Waals surface area contributed by atoms with E-state index in [0.717, 1.165) is 34.1 Å². The van der Waals surface area contributed by atoms with Gasteiger partial charge in [-0.05, 0) is 234 Å². The summed E-state index contributed by atoms with van der Waals surface area (Å²) >= 11 is 0. The van der Waals surface area contributed by atoms with E-state index in [1.807, 2.05) is 0 Å². The molecule has 0 radical (unpaired) electrons. The summed E-state index contributed by atoms with van der Waals surface area (Å²) in [5.74, 6) is 0. The summed E-state index contributed by atoms with van der Waals surface area (Å²) in [5, 5.41) is 2.51. The number of nitrogens with zero attached hydrogens (tertiary/aromatic N) is 2. The smallest absolute Gasteiger partial charge is 0.0713 e. The third kappa shape index (κ3) is 11.1. The van der Waals surface area contributed by atoms with Crippen LogP contribution in [0.5, 0.6) is 0 Å². The first-order valence-corrected chi connectivity index (χ1v) is 40.7. The molecule has 18 aromatic rings. The van der Waals surface area contributed by atoms with E-state index in [0.29, 0.717) is 0 Å². The van der Waals surface area contributed by atoms with Crippen LogP contribution in [0.1, 0.15) is 94.5 Å². The molecular weight excluding hydrogens is 1400 g/mol. The second-order valence-corrected chi connectivity index (χ2v) is 32.6. The van der Waals surface area contributed by atoms with Crippen LogP contribution in [-0.2, 0) is 21.7 Å². The van der Waals surface area contributed by atoms with E-state index in [-0.39, 0.29) is 10.8 Å². The van der Waals surface area contributed by atoms with Gasteiger partial charge in [0.2, 0.25) is 0 Å². The normalized spacial score (nSPS) is 14.0. The Balaban J connectivity index is 0.000000145. The Hall–Kier alpha value is -14.2. The van der Waals surface area contributed by atoms with Crippen LogP contribution in [0.3, 0.4) is 0 Å². The number of rotatable bonds is 13. The number of anilines is 6. The Morgan fingerprint density at radius 3 is 0.759 bits per heavy atom. The number of hydrogen-bond acceptors (Lipinski definition) is 2. The number of hydrogen-bond donors (Lipinski definition) is 0. The lowest BCUT2D eigenvalue weighted by atomic mass is 9.66. The zero-order valence-electron chi connectivity index (χ0n) is 65.5. The van der Waals surface area contributed by atoms with Gasteiger partial charge < -0.3 is 9.80 Å². The second-order valence-electron chi connectivity index (χ2n) is 32.6. The third-order valence-corrected chi connectivity index (χ3v) is 25.7. The zero-order valence-corrected chi connectivity index (χ0v) is 65.5. The molecule has 22 rings (SSSR count). The fourth-order valence-corrected chi connectivity index (χ4v) is 20.2. The summed E-state index contributed by atoms with van der Waals surface area (Å²) in [7, 11) is 0. The molecule has 0 fully saturated rings. The lowest BCUT2D eigenvalue weighted by molar-refractivity contribution is 0.655. The Bertz CT molecular complexity index is 6600. The number of para-hydroxylation sites is 1. The van der Waals surface area contributed by atoms with Crippen molar-refractivity contribution in [2.75, 3.05) is 9.80 Å². The Kier molecular flexibility index (Phi) is 16.8. The van der Waals surface area contributed by atoms with Crippen LogP contribution in [0.25, 0.3) is 88.7 Å². The van der Waals surface area contributed by atoms with Crippen molar-refractivity contribution in [1.29, 1.82) is 0 Å². The van der Waals surface area contributed by atoms with Crippen LogP contribution in [0, 0.1) is 0 Å². The van der Waals surface area contributed by atoms with Gasteiger partial charge in [-0.1, -0.05) is 386 Å². The molecule has 0 aromatic heterocycles. The van der Waals surface area contributed by atoms with Crippen molar-refractivity contribution < 1.29 is 0 Å². The lowest BCUT2D eigenvalue weighted by Gasteiger charge is -2.35. The Morgan fingerprint density at radius 2 is 0.397 bits per heavy atom. The van der Waals surface area contributed by atoms with Crippen molar-refractivity contribution in [3.05, 3.63) is 504 Å². The fraction of sp³-hybridized carbons (Fsp3) is 0.0702. The topological polar surface area (TPSA) is 6.48 Å². The van der Waals surface area contributed by atoms with Gasteiger partial charge in [0.15, 0.2) is 0 Å². The lowest BCUT2D eigenvalue weighted by Crippen LogP contribution is -2.29. The van der Waals surface area contributed by atoms with Gasteiger partial charge in [0, 0.05) is 45.0 Å². The molecule has 4 aliphatic carbocycles. The van der Waals surface area contributed by atoms with Crippen LogP contribution in [-0.4, -0.2) is 0 Å². The van der Waals surface area contributed by atoms with Crippen LogP contribution in [0.4, 0.5) is 34.1 Å². The predicted octanol–water partition coefficient (Wildman–Crippen LogP) is 29.8. The van der Waals surface area contributed by atoms with Crippen molar-refractivity contribution in [1.82, 2.24) is 0 Å². The molecule has 0 heterocycles. The van der Waals surface area contributed by atoms with Gasteiger partial charge in [0.25, 0.3) is 0 Å². The standard InChI is InChI=1S/C58H43N.C56H41N/c1-57(2)53-22-12-9-19-49(53)52-38-31-45(39-56(52)57)58(54-23-13-10-20-50(54)51-21-11-14-24-55(51)58)44-29-36-48(37-30-44)59(46-32-25-42(26-33-46)40-15-5-3-6-16-40)47-34-27-43(28-35-47)41-17-7-4-8-18-41;1-55(2)51-21-11-8-18-47(51)50-35-30-43(37-54(50)55)56(52-22-12-9-19-48(52)49-20-10-13-23-53(49)56)42-28-33-46(34-29-42)57(44-16-4-3-5-17-44)45-31-26-39(27-32-45)41-25-24-38-14-6-7-15-40(38)36-41/h3-39H,1-2H3;3-37H,1-2H3. The van der Waals surface area contributed by atoms with Crippen molar-refractivity contribution >= 4 is 44.9 Å². The Morgan fingerprint density at radius 1 is 0.155 bits per heavy atom. The zero-order chi connectivity index (χ0) is 77.7. The van der Waals surface area contributed by atoms with E-state index in [9.17, 15) is 0 Å². The summed E-state index contributed by atoms with van der Waals surface area (Å²) in [5.41, 5.74) is 39.3. The number of fused-ring (bicyclic) bond motifs is 13. The highest BCUT2D eigenvalue weighted by atomic mass is 15.1. The monoisotopic (exact) mass is 1480 g/mol. The minimum atomic E-state index is -0.509. The van der Waals surface area contributed by atoms with Crippen LogP contribution in [0.2, 0.25) is 0 Å². The third-order valence-electron chi connectivity index (χ3n) is 25.7. The van der Waals surface area contributed by atoms with Crippen LogP contribution < -0.4 is 9.80 Å². The largest absolute Gasteiger partial charge is 0.311 e. The summed E-state index contributed by atoms with van der Waals surface area (Å²) in [6.07, 6.45) is 0. The van der Waals surface area contributed by atoms with Gasteiger partial charge in [-0.2, -0.15) is 0 Å². The van der Waals surface area contributed by atoms with Gasteiger partial charge in [0.05, 0.1) is 10.8 Å². The first-order chi connectivity index (χ1) is 57.0. The molecule has 0 saturated heterocycles.